The highest BCUT2D eigenvalue weighted by Gasteiger charge is 2.49. The summed E-state index contributed by atoms with van der Waals surface area (Å²) in [6.07, 6.45) is 3.48. The van der Waals surface area contributed by atoms with Gasteiger partial charge in [-0.3, -0.25) is 4.79 Å². The highest BCUT2D eigenvalue weighted by molar-refractivity contribution is 9.10. The molecule has 0 aromatic heterocycles. The van der Waals surface area contributed by atoms with Crippen LogP contribution in [0, 0.1) is 6.92 Å². The quantitative estimate of drug-likeness (QED) is 0.605. The third kappa shape index (κ3) is 4.47. The summed E-state index contributed by atoms with van der Waals surface area (Å²) in [5, 5.41) is 3.20. The highest BCUT2D eigenvalue weighted by atomic mass is 79.9. The summed E-state index contributed by atoms with van der Waals surface area (Å²) < 4.78 is 6.85. The van der Waals surface area contributed by atoms with Gasteiger partial charge < -0.3 is 10.1 Å². The van der Waals surface area contributed by atoms with E-state index in [1.165, 1.54) is 5.56 Å². The Morgan fingerprint density at radius 2 is 1.88 bits per heavy atom. The summed E-state index contributed by atoms with van der Waals surface area (Å²) in [6, 6.07) is 16.6. The van der Waals surface area contributed by atoms with E-state index in [2.05, 4.69) is 52.4 Å². The fourth-order valence-corrected chi connectivity index (χ4v) is 3.74. The van der Waals surface area contributed by atoms with Crippen molar-refractivity contribution in [3.8, 4) is 5.75 Å². The van der Waals surface area contributed by atoms with Crippen LogP contribution in [0.1, 0.15) is 43.7 Å². The van der Waals surface area contributed by atoms with Crippen LogP contribution in [0.5, 0.6) is 5.75 Å². The van der Waals surface area contributed by atoms with Gasteiger partial charge >= 0.3 is 0 Å². The second-order valence-corrected chi connectivity index (χ2v) is 8.09. The SMILES string of the molecule is Cc1ccccc1OCCCC(=O)NC(C)C1(c2ccc(Br)cc2)CC1. The number of hydrogen-bond acceptors (Lipinski definition) is 2. The van der Waals surface area contributed by atoms with Crippen LogP contribution < -0.4 is 10.1 Å². The lowest BCUT2D eigenvalue weighted by atomic mass is 9.89. The van der Waals surface area contributed by atoms with Gasteiger partial charge in [0.2, 0.25) is 5.91 Å². The van der Waals surface area contributed by atoms with Crippen LogP contribution in [0.25, 0.3) is 0 Å². The topological polar surface area (TPSA) is 38.3 Å². The molecule has 2 aromatic carbocycles. The predicted molar refractivity (Wildman–Crippen MR) is 109 cm³/mol. The van der Waals surface area contributed by atoms with Crippen LogP contribution in [0.2, 0.25) is 0 Å². The van der Waals surface area contributed by atoms with Crippen LogP contribution >= 0.6 is 15.9 Å². The van der Waals surface area contributed by atoms with Crippen molar-refractivity contribution in [1.82, 2.24) is 5.32 Å². The summed E-state index contributed by atoms with van der Waals surface area (Å²) in [4.78, 5) is 12.3. The number of carbonyl (C=O) groups excluding carboxylic acids is 1. The van der Waals surface area contributed by atoms with Gasteiger partial charge in [0.25, 0.3) is 0 Å². The molecule has 138 valence electrons. The van der Waals surface area contributed by atoms with Crippen LogP contribution in [0.15, 0.2) is 53.0 Å². The molecule has 0 bridgehead atoms. The monoisotopic (exact) mass is 415 g/mol. The second kappa shape index (κ2) is 8.26. The molecule has 1 aliphatic rings. The summed E-state index contributed by atoms with van der Waals surface area (Å²) in [5.41, 5.74) is 2.54. The van der Waals surface area contributed by atoms with E-state index in [9.17, 15) is 4.79 Å². The largest absolute Gasteiger partial charge is 0.493 e. The average Bonchev–Trinajstić information content (AvgIpc) is 3.43. The van der Waals surface area contributed by atoms with E-state index < -0.39 is 0 Å². The maximum absolute atomic E-state index is 12.3. The Labute approximate surface area is 164 Å². The average molecular weight is 416 g/mol. The van der Waals surface area contributed by atoms with Gasteiger partial charge in [0.15, 0.2) is 0 Å². The minimum atomic E-state index is 0.105. The van der Waals surface area contributed by atoms with Gasteiger partial charge in [-0.15, -0.1) is 0 Å². The molecule has 1 N–H and O–H groups in total. The molecule has 3 nitrogen and oxygen atoms in total. The molecule has 1 fully saturated rings. The van der Waals surface area contributed by atoms with Crippen molar-refractivity contribution in [2.45, 2.75) is 51.0 Å². The molecule has 1 amide bonds. The number of carbonyl (C=O) groups is 1. The molecule has 1 aliphatic carbocycles. The minimum absolute atomic E-state index is 0.105. The molecule has 0 saturated heterocycles. The predicted octanol–water partition coefficient (Wildman–Crippen LogP) is 5.15. The van der Waals surface area contributed by atoms with E-state index in [0.717, 1.165) is 35.0 Å². The van der Waals surface area contributed by atoms with Crippen molar-refractivity contribution in [1.29, 1.82) is 0 Å². The number of benzene rings is 2. The lowest BCUT2D eigenvalue weighted by Crippen LogP contribution is -2.41. The Kier molecular flexibility index (Phi) is 6.02. The molecule has 26 heavy (non-hydrogen) atoms. The first-order chi connectivity index (χ1) is 12.5. The van der Waals surface area contributed by atoms with E-state index >= 15 is 0 Å². The van der Waals surface area contributed by atoms with Gasteiger partial charge in [-0.1, -0.05) is 46.3 Å². The first kappa shape index (κ1) is 19.0. The third-order valence-electron chi connectivity index (χ3n) is 5.31. The summed E-state index contributed by atoms with van der Waals surface area (Å²) in [7, 11) is 0. The standard InChI is InChI=1S/C22H26BrNO2/c1-16-6-3-4-7-20(16)26-15-5-8-21(25)24-17(2)22(13-14-22)18-9-11-19(23)12-10-18/h3-4,6-7,9-12,17H,5,8,13-15H2,1-2H3,(H,24,25). The van der Waals surface area contributed by atoms with E-state index in [4.69, 9.17) is 4.74 Å². The van der Waals surface area contributed by atoms with E-state index in [-0.39, 0.29) is 17.4 Å². The molecule has 0 radical (unpaired) electrons. The van der Waals surface area contributed by atoms with Crippen LogP contribution in [-0.2, 0) is 10.2 Å². The number of halogens is 1. The fourth-order valence-electron chi connectivity index (χ4n) is 3.47. The molecule has 1 saturated carbocycles. The normalized spacial score (nSPS) is 16.0. The molecule has 0 heterocycles. The van der Waals surface area contributed by atoms with Gasteiger partial charge in [-0.25, -0.2) is 0 Å². The lowest BCUT2D eigenvalue weighted by molar-refractivity contribution is -0.122. The fraction of sp³-hybridized carbons (Fsp3) is 0.409. The number of para-hydroxylation sites is 1. The number of ether oxygens (including phenoxy) is 1. The number of aryl methyl sites for hydroxylation is 1. The Balaban J connectivity index is 1.44. The second-order valence-electron chi connectivity index (χ2n) is 7.17. The minimum Gasteiger partial charge on any atom is -0.493 e. The van der Waals surface area contributed by atoms with E-state index in [1.54, 1.807) is 0 Å². The summed E-state index contributed by atoms with van der Waals surface area (Å²) in [6.45, 7) is 4.71. The maximum atomic E-state index is 12.3. The molecular formula is C22H26BrNO2. The Morgan fingerprint density at radius 3 is 2.54 bits per heavy atom. The van der Waals surface area contributed by atoms with Crippen molar-refractivity contribution in [2.24, 2.45) is 0 Å². The van der Waals surface area contributed by atoms with E-state index in [0.29, 0.717) is 13.0 Å². The first-order valence-corrected chi connectivity index (χ1v) is 10.0. The van der Waals surface area contributed by atoms with Gasteiger partial charge in [-0.05, 0) is 62.4 Å². The number of amides is 1. The molecule has 4 heteroatoms. The van der Waals surface area contributed by atoms with Crippen molar-refractivity contribution < 1.29 is 9.53 Å². The lowest BCUT2D eigenvalue weighted by Gasteiger charge is -2.25. The van der Waals surface area contributed by atoms with Gasteiger partial charge in [0.1, 0.15) is 5.75 Å². The van der Waals surface area contributed by atoms with Crippen molar-refractivity contribution >= 4 is 21.8 Å². The molecule has 1 atom stereocenters. The summed E-state index contributed by atoms with van der Waals surface area (Å²) in [5.74, 6) is 1.00. The van der Waals surface area contributed by atoms with Gasteiger partial charge in [0.05, 0.1) is 6.61 Å². The molecule has 3 rings (SSSR count). The highest BCUT2D eigenvalue weighted by Crippen LogP contribution is 2.51. The smallest absolute Gasteiger partial charge is 0.220 e. The third-order valence-corrected chi connectivity index (χ3v) is 5.84. The number of rotatable bonds is 8. The van der Waals surface area contributed by atoms with Crippen molar-refractivity contribution in [2.75, 3.05) is 6.61 Å². The number of nitrogens with one attached hydrogen (secondary N) is 1. The van der Waals surface area contributed by atoms with Gasteiger partial charge in [-0.2, -0.15) is 0 Å². The zero-order valence-corrected chi connectivity index (χ0v) is 17.0. The maximum Gasteiger partial charge on any atom is 0.220 e. The zero-order chi connectivity index (χ0) is 18.6. The van der Waals surface area contributed by atoms with Crippen LogP contribution in [0.3, 0.4) is 0 Å². The van der Waals surface area contributed by atoms with Crippen LogP contribution in [-0.4, -0.2) is 18.6 Å². The van der Waals surface area contributed by atoms with Crippen molar-refractivity contribution in [3.05, 3.63) is 64.1 Å². The van der Waals surface area contributed by atoms with Crippen molar-refractivity contribution in [3.63, 3.8) is 0 Å². The molecular weight excluding hydrogens is 390 g/mol. The molecule has 2 aromatic rings. The Bertz CT molecular complexity index is 753. The summed E-state index contributed by atoms with van der Waals surface area (Å²) >= 11 is 3.48. The number of hydrogen-bond donors (Lipinski definition) is 1. The Hall–Kier alpha value is -1.81. The molecule has 0 spiro atoms. The zero-order valence-electron chi connectivity index (χ0n) is 15.4. The van der Waals surface area contributed by atoms with Gasteiger partial charge in [0, 0.05) is 22.4 Å². The van der Waals surface area contributed by atoms with Crippen LogP contribution in [0.4, 0.5) is 0 Å². The Morgan fingerprint density at radius 1 is 1.19 bits per heavy atom. The molecule has 1 unspecified atom stereocenters. The van der Waals surface area contributed by atoms with E-state index in [1.807, 2.05) is 31.2 Å². The first-order valence-electron chi connectivity index (χ1n) is 9.25. The molecule has 0 aliphatic heterocycles.